The van der Waals surface area contributed by atoms with Gasteiger partial charge in [-0.1, -0.05) is 18.6 Å². The van der Waals surface area contributed by atoms with Gasteiger partial charge in [0.2, 0.25) is 10.0 Å². The number of anilines is 1. The van der Waals surface area contributed by atoms with Gasteiger partial charge in [0.15, 0.2) is 5.65 Å². The average Bonchev–Trinajstić information content (AvgIpc) is 3.10. The van der Waals surface area contributed by atoms with E-state index in [1.807, 2.05) is 37.9 Å². The number of carbonyl (C=O) groups excluding carboxylic acids is 1. The van der Waals surface area contributed by atoms with Gasteiger partial charge < -0.3 is 4.90 Å². The third-order valence-electron chi connectivity index (χ3n) is 6.10. The lowest BCUT2D eigenvalue weighted by Crippen LogP contribution is -2.42. The number of aryl methyl sites for hydroxylation is 3. The summed E-state index contributed by atoms with van der Waals surface area (Å²) < 4.78 is 28.0. The van der Waals surface area contributed by atoms with Crippen molar-refractivity contribution >= 4 is 27.3 Å². The Balaban J connectivity index is 1.77. The van der Waals surface area contributed by atoms with Gasteiger partial charge in [0.1, 0.15) is 0 Å². The summed E-state index contributed by atoms with van der Waals surface area (Å²) in [6.45, 7) is 8.56. The number of fused-ring (bicyclic) bond motifs is 1. The van der Waals surface area contributed by atoms with Gasteiger partial charge in [-0.05, 0) is 57.2 Å². The fraction of sp³-hybridized carbons (Fsp3) is 0.435. The maximum atomic E-state index is 13.8. The molecule has 1 aliphatic rings. The molecular weight excluding hydrogens is 426 g/mol. The predicted octanol–water partition coefficient (Wildman–Crippen LogP) is 3.64. The first-order valence-corrected chi connectivity index (χ1v) is 12.7. The van der Waals surface area contributed by atoms with E-state index in [0.29, 0.717) is 17.8 Å². The highest BCUT2D eigenvalue weighted by Crippen LogP contribution is 2.37. The molecule has 3 heterocycles. The molecule has 170 valence electrons. The number of nitrogens with zero attached hydrogens (tertiary/aromatic N) is 4. The van der Waals surface area contributed by atoms with Crippen LogP contribution in [0, 0.1) is 26.7 Å². The number of hydrogen-bond acceptors (Lipinski definition) is 5. The fourth-order valence-electron chi connectivity index (χ4n) is 4.41. The molecule has 3 aromatic rings. The van der Waals surface area contributed by atoms with Gasteiger partial charge in [-0.25, -0.2) is 17.9 Å². The van der Waals surface area contributed by atoms with Gasteiger partial charge in [0.05, 0.1) is 29.2 Å². The first-order chi connectivity index (χ1) is 15.0. The van der Waals surface area contributed by atoms with Crippen LogP contribution in [0.1, 0.15) is 58.7 Å². The highest BCUT2D eigenvalue weighted by Gasteiger charge is 2.36. The van der Waals surface area contributed by atoms with Crippen molar-refractivity contribution in [1.29, 1.82) is 0 Å². The quantitative estimate of drug-likeness (QED) is 0.648. The molecule has 1 amide bonds. The zero-order valence-electron chi connectivity index (χ0n) is 19.1. The van der Waals surface area contributed by atoms with Crippen LogP contribution in [0.5, 0.6) is 0 Å². The van der Waals surface area contributed by atoms with Gasteiger partial charge in [0, 0.05) is 24.5 Å². The molecule has 8 nitrogen and oxygen atoms in total. The van der Waals surface area contributed by atoms with Crippen LogP contribution in [0.4, 0.5) is 5.69 Å². The average molecular weight is 456 g/mol. The Labute approximate surface area is 188 Å². The van der Waals surface area contributed by atoms with Crippen LogP contribution in [-0.2, 0) is 10.0 Å². The number of hydrogen-bond donors (Lipinski definition) is 1. The maximum absolute atomic E-state index is 13.8. The summed E-state index contributed by atoms with van der Waals surface area (Å²) in [6, 6.07) is 6.91. The molecule has 1 aliphatic heterocycles. The van der Waals surface area contributed by atoms with E-state index in [0.717, 1.165) is 47.3 Å². The van der Waals surface area contributed by atoms with Gasteiger partial charge in [-0.15, -0.1) is 0 Å². The Hall–Kier alpha value is -2.94. The molecule has 4 rings (SSSR count). The van der Waals surface area contributed by atoms with E-state index in [1.54, 1.807) is 22.7 Å². The first-order valence-electron chi connectivity index (χ1n) is 10.8. The van der Waals surface area contributed by atoms with E-state index < -0.39 is 10.0 Å². The lowest BCUT2D eigenvalue weighted by atomic mass is 9.88. The van der Waals surface area contributed by atoms with Crippen molar-refractivity contribution in [3.8, 4) is 0 Å². The summed E-state index contributed by atoms with van der Waals surface area (Å²) in [5, 5.41) is 4.76. The Morgan fingerprint density at radius 1 is 1.19 bits per heavy atom. The number of nitrogens with one attached hydrogen (secondary N) is 1. The van der Waals surface area contributed by atoms with Gasteiger partial charge >= 0.3 is 0 Å². The molecule has 0 bridgehead atoms. The predicted molar refractivity (Wildman–Crippen MR) is 124 cm³/mol. The van der Waals surface area contributed by atoms with E-state index >= 15 is 0 Å². The maximum Gasteiger partial charge on any atom is 0.256 e. The molecule has 0 saturated carbocycles. The van der Waals surface area contributed by atoms with Gasteiger partial charge in [-0.2, -0.15) is 5.10 Å². The molecule has 1 N–H and O–H groups in total. The molecular formula is C23H29N5O3S. The third kappa shape index (κ3) is 4.34. The van der Waals surface area contributed by atoms with Gasteiger partial charge in [-0.3, -0.25) is 9.52 Å². The summed E-state index contributed by atoms with van der Waals surface area (Å²) in [4.78, 5) is 20.2. The molecule has 1 fully saturated rings. The van der Waals surface area contributed by atoms with Crippen LogP contribution >= 0.6 is 0 Å². The Morgan fingerprint density at radius 2 is 1.94 bits per heavy atom. The largest absolute Gasteiger partial charge is 0.330 e. The summed E-state index contributed by atoms with van der Waals surface area (Å²) in [6.07, 6.45) is 4.90. The lowest BCUT2D eigenvalue weighted by Gasteiger charge is -2.39. The Kier molecular flexibility index (Phi) is 5.70. The monoisotopic (exact) mass is 455 g/mol. The molecule has 32 heavy (non-hydrogen) atoms. The Morgan fingerprint density at radius 3 is 2.66 bits per heavy atom. The van der Waals surface area contributed by atoms with Crippen LogP contribution in [0.15, 0.2) is 30.5 Å². The minimum Gasteiger partial charge on any atom is -0.330 e. The van der Waals surface area contributed by atoms with Crippen molar-refractivity contribution in [2.24, 2.45) is 5.92 Å². The van der Waals surface area contributed by atoms with Crippen molar-refractivity contribution < 1.29 is 13.2 Å². The standard InChI is InChI=1S/C23H29N5O3S/c1-14-8-9-19(26-32(5,30)31)18(11-14)23(29)27-10-6-7-15(2)22(27)20-12-21-24-17(4)16(3)13-28(21)25-20/h8-9,11-13,15,22,26H,6-7,10H2,1-5H3/t15-,22-/m1/s1. The van der Waals surface area contributed by atoms with Crippen molar-refractivity contribution in [2.75, 3.05) is 17.5 Å². The van der Waals surface area contributed by atoms with Crippen LogP contribution in [0.25, 0.3) is 5.65 Å². The fourth-order valence-corrected chi connectivity index (χ4v) is 4.99. The van der Waals surface area contributed by atoms with E-state index in [2.05, 4.69) is 16.6 Å². The SMILES string of the molecule is Cc1ccc(NS(C)(=O)=O)c(C(=O)N2CCC[C@@H](C)[C@@H]2c2cc3nc(C)c(C)cn3n2)c1. The smallest absolute Gasteiger partial charge is 0.256 e. The van der Waals surface area contributed by atoms with Crippen molar-refractivity contribution in [3.63, 3.8) is 0 Å². The number of piperidine rings is 1. The summed E-state index contributed by atoms with van der Waals surface area (Å²) >= 11 is 0. The zero-order chi connectivity index (χ0) is 23.2. The second kappa shape index (κ2) is 8.20. The van der Waals surface area contributed by atoms with Gasteiger partial charge in [0.25, 0.3) is 5.91 Å². The topological polar surface area (TPSA) is 96.7 Å². The number of rotatable bonds is 4. The normalized spacial score (nSPS) is 19.3. The number of aromatic nitrogens is 3. The van der Waals surface area contributed by atoms with E-state index in [-0.39, 0.29) is 17.9 Å². The number of carbonyl (C=O) groups is 1. The first kappa shape index (κ1) is 22.3. The summed E-state index contributed by atoms with van der Waals surface area (Å²) in [7, 11) is -3.52. The molecule has 0 unspecified atom stereocenters. The molecule has 0 aliphatic carbocycles. The zero-order valence-corrected chi connectivity index (χ0v) is 19.9. The molecule has 1 saturated heterocycles. The van der Waals surface area contributed by atoms with Crippen LogP contribution in [0.2, 0.25) is 0 Å². The minimum absolute atomic E-state index is 0.200. The molecule has 1 aromatic carbocycles. The van der Waals surface area contributed by atoms with E-state index in [1.165, 1.54) is 0 Å². The number of amides is 1. The number of sulfonamides is 1. The molecule has 2 aromatic heterocycles. The number of likely N-dealkylation sites (tertiary alicyclic amines) is 1. The second-order valence-corrected chi connectivity index (χ2v) is 10.6. The van der Waals surface area contributed by atoms with Crippen LogP contribution in [-0.4, -0.2) is 46.6 Å². The number of benzene rings is 1. The van der Waals surface area contributed by atoms with Crippen molar-refractivity contribution in [2.45, 2.75) is 46.6 Å². The highest BCUT2D eigenvalue weighted by molar-refractivity contribution is 7.92. The lowest BCUT2D eigenvalue weighted by molar-refractivity contribution is 0.0505. The summed E-state index contributed by atoms with van der Waals surface area (Å²) in [5.74, 6) is 0.00436. The second-order valence-electron chi connectivity index (χ2n) is 8.87. The summed E-state index contributed by atoms with van der Waals surface area (Å²) in [5.41, 5.74) is 5.08. The minimum atomic E-state index is -3.52. The van der Waals surface area contributed by atoms with Crippen molar-refractivity contribution in [1.82, 2.24) is 19.5 Å². The molecule has 2 atom stereocenters. The van der Waals surface area contributed by atoms with E-state index in [4.69, 9.17) is 5.10 Å². The molecule has 0 radical (unpaired) electrons. The highest BCUT2D eigenvalue weighted by atomic mass is 32.2. The van der Waals surface area contributed by atoms with Crippen LogP contribution < -0.4 is 4.72 Å². The van der Waals surface area contributed by atoms with Crippen molar-refractivity contribution in [3.05, 3.63) is 58.5 Å². The molecule has 0 spiro atoms. The van der Waals surface area contributed by atoms with E-state index in [9.17, 15) is 13.2 Å². The Bertz CT molecular complexity index is 1260. The third-order valence-corrected chi connectivity index (χ3v) is 6.69. The molecule has 9 heteroatoms. The van der Waals surface area contributed by atoms with Crippen LogP contribution in [0.3, 0.4) is 0 Å².